The summed E-state index contributed by atoms with van der Waals surface area (Å²) in [5, 5.41) is 3.87. The van der Waals surface area contributed by atoms with Gasteiger partial charge in [0, 0.05) is 10.6 Å². The molecule has 9 heteroatoms. The predicted octanol–water partition coefficient (Wildman–Crippen LogP) is 5.10. The molecule has 0 fully saturated rings. The van der Waals surface area contributed by atoms with Crippen LogP contribution in [0, 0.1) is 0 Å². The molecule has 0 bridgehead atoms. The van der Waals surface area contributed by atoms with Crippen molar-refractivity contribution in [2.45, 2.75) is 6.54 Å². The zero-order chi connectivity index (χ0) is 18.7. The molecule has 0 unspecified atom stereocenters. The Kier molecular flexibility index (Phi) is 5.66. The predicted molar refractivity (Wildman–Crippen MR) is 99.9 cm³/mol. The lowest BCUT2D eigenvalue weighted by molar-refractivity contribution is 0.0594. The molecule has 134 valence electrons. The van der Waals surface area contributed by atoms with Crippen LogP contribution in [0.4, 0.5) is 5.82 Å². The van der Waals surface area contributed by atoms with Crippen LogP contribution in [0.5, 0.6) is 0 Å². The first-order chi connectivity index (χ1) is 12.5. The Morgan fingerprint density at radius 2 is 2.04 bits per heavy atom. The van der Waals surface area contributed by atoms with Crippen LogP contribution in [0.25, 0.3) is 11.4 Å². The summed E-state index contributed by atoms with van der Waals surface area (Å²) in [4.78, 5) is 20.6. The van der Waals surface area contributed by atoms with Crippen LogP contribution in [0.2, 0.25) is 15.1 Å². The fourth-order valence-electron chi connectivity index (χ4n) is 2.17. The summed E-state index contributed by atoms with van der Waals surface area (Å²) in [7, 11) is 1.24. The molecule has 2 heterocycles. The van der Waals surface area contributed by atoms with E-state index in [9.17, 15) is 4.79 Å². The molecule has 0 spiro atoms. The van der Waals surface area contributed by atoms with Gasteiger partial charge >= 0.3 is 5.97 Å². The van der Waals surface area contributed by atoms with E-state index >= 15 is 0 Å². The molecule has 6 nitrogen and oxygen atoms in total. The summed E-state index contributed by atoms with van der Waals surface area (Å²) in [5.41, 5.74) is 0.422. The van der Waals surface area contributed by atoms with Gasteiger partial charge in [-0.2, -0.15) is 0 Å². The maximum absolute atomic E-state index is 12.0. The van der Waals surface area contributed by atoms with E-state index in [-0.39, 0.29) is 22.4 Å². The van der Waals surface area contributed by atoms with Crippen LogP contribution < -0.4 is 5.32 Å². The molecule has 3 rings (SSSR count). The molecular formula is C17H12Cl3N3O3. The highest BCUT2D eigenvalue weighted by atomic mass is 35.5. The van der Waals surface area contributed by atoms with Crippen molar-refractivity contribution < 1.29 is 13.9 Å². The van der Waals surface area contributed by atoms with Crippen molar-refractivity contribution in [2.75, 3.05) is 12.4 Å². The molecular weight excluding hydrogens is 401 g/mol. The van der Waals surface area contributed by atoms with Crippen molar-refractivity contribution in [1.29, 1.82) is 0 Å². The second-order valence-electron chi connectivity index (χ2n) is 5.11. The molecule has 0 aliphatic rings. The first kappa shape index (κ1) is 18.5. The van der Waals surface area contributed by atoms with Crippen LogP contribution in [0.3, 0.4) is 0 Å². The van der Waals surface area contributed by atoms with Gasteiger partial charge in [-0.25, -0.2) is 14.8 Å². The average molecular weight is 413 g/mol. The molecule has 0 radical (unpaired) electrons. The third-order valence-corrected chi connectivity index (χ3v) is 4.32. The molecule has 3 aromatic rings. The van der Waals surface area contributed by atoms with Gasteiger partial charge in [-0.1, -0.05) is 34.8 Å². The molecule has 2 aromatic heterocycles. The number of benzene rings is 1. The molecule has 0 aliphatic heterocycles. The summed E-state index contributed by atoms with van der Waals surface area (Å²) in [6.45, 7) is 0.318. The van der Waals surface area contributed by atoms with Gasteiger partial charge in [-0.3, -0.25) is 0 Å². The van der Waals surface area contributed by atoms with Crippen molar-refractivity contribution in [3.63, 3.8) is 0 Å². The number of nitrogens with zero attached hydrogens (tertiary/aromatic N) is 2. The average Bonchev–Trinajstić information content (AvgIpc) is 3.14. The number of anilines is 1. The van der Waals surface area contributed by atoms with Crippen molar-refractivity contribution in [3.05, 3.63) is 63.1 Å². The van der Waals surface area contributed by atoms with Crippen LogP contribution >= 0.6 is 34.8 Å². The second-order valence-corrected chi connectivity index (χ2v) is 6.33. The van der Waals surface area contributed by atoms with Crippen LogP contribution in [0.15, 0.2) is 41.0 Å². The van der Waals surface area contributed by atoms with Crippen molar-refractivity contribution in [1.82, 2.24) is 9.97 Å². The Morgan fingerprint density at radius 1 is 1.23 bits per heavy atom. The Hall–Kier alpha value is -2.28. The highest BCUT2D eigenvalue weighted by Crippen LogP contribution is 2.32. The highest BCUT2D eigenvalue weighted by Gasteiger charge is 2.21. The molecule has 0 saturated carbocycles. The minimum absolute atomic E-state index is 0.0391. The van der Waals surface area contributed by atoms with E-state index in [1.807, 2.05) is 0 Å². The van der Waals surface area contributed by atoms with Gasteiger partial charge in [-0.05, 0) is 30.3 Å². The summed E-state index contributed by atoms with van der Waals surface area (Å²) in [5.74, 6) is 0.438. The Bertz CT molecular complexity index is 946. The third kappa shape index (κ3) is 3.93. The molecule has 1 aromatic carbocycles. The van der Waals surface area contributed by atoms with Crippen LogP contribution in [-0.2, 0) is 11.3 Å². The minimum Gasteiger partial charge on any atom is -0.467 e. The fraction of sp³-hybridized carbons (Fsp3) is 0.118. The molecule has 0 saturated heterocycles. The summed E-state index contributed by atoms with van der Waals surface area (Å²) < 4.78 is 10.0. The Labute approximate surface area is 164 Å². The van der Waals surface area contributed by atoms with Gasteiger partial charge in [0.05, 0.1) is 24.9 Å². The van der Waals surface area contributed by atoms with E-state index in [4.69, 9.17) is 44.0 Å². The zero-order valence-electron chi connectivity index (χ0n) is 13.4. The van der Waals surface area contributed by atoms with Gasteiger partial charge in [0.15, 0.2) is 11.5 Å². The van der Waals surface area contributed by atoms with Crippen LogP contribution in [-0.4, -0.2) is 23.0 Å². The minimum atomic E-state index is -0.690. The van der Waals surface area contributed by atoms with Crippen molar-refractivity contribution >= 4 is 46.6 Å². The summed E-state index contributed by atoms with van der Waals surface area (Å²) in [6.07, 6.45) is 1.55. The summed E-state index contributed by atoms with van der Waals surface area (Å²) >= 11 is 18.4. The topological polar surface area (TPSA) is 77.2 Å². The lowest BCUT2D eigenvalue weighted by Crippen LogP contribution is -2.11. The molecule has 26 heavy (non-hydrogen) atoms. The normalized spacial score (nSPS) is 10.6. The third-order valence-electron chi connectivity index (χ3n) is 3.41. The first-order valence-electron chi connectivity index (χ1n) is 7.37. The number of methoxy groups -OCH3 is 1. The van der Waals surface area contributed by atoms with E-state index in [1.165, 1.54) is 7.11 Å². The second kappa shape index (κ2) is 7.95. The Balaban J connectivity index is 2.06. The quantitative estimate of drug-likeness (QED) is 0.588. The van der Waals surface area contributed by atoms with Gasteiger partial charge < -0.3 is 14.5 Å². The zero-order valence-corrected chi connectivity index (χ0v) is 15.7. The number of esters is 1. The molecule has 0 atom stereocenters. The largest absolute Gasteiger partial charge is 0.467 e. The van der Waals surface area contributed by atoms with Gasteiger partial charge in [0.25, 0.3) is 0 Å². The molecule has 0 amide bonds. The number of hydrogen-bond donors (Lipinski definition) is 1. The lowest BCUT2D eigenvalue weighted by Gasteiger charge is -2.12. The van der Waals surface area contributed by atoms with Crippen molar-refractivity contribution in [3.8, 4) is 11.4 Å². The van der Waals surface area contributed by atoms with E-state index in [0.29, 0.717) is 27.9 Å². The first-order valence-corrected chi connectivity index (χ1v) is 8.50. The van der Waals surface area contributed by atoms with E-state index in [1.54, 1.807) is 36.6 Å². The van der Waals surface area contributed by atoms with Gasteiger partial charge in [0.1, 0.15) is 16.6 Å². The number of carbonyl (C=O) groups excluding carboxylic acids is 1. The number of aromatic nitrogens is 2. The van der Waals surface area contributed by atoms with E-state index in [2.05, 4.69) is 15.3 Å². The SMILES string of the molecule is COC(=O)c1nc(-c2ccc(Cl)cc2Cl)nc(NCc2ccco2)c1Cl. The standard InChI is InChI=1S/C17H12Cl3N3O3/c1-25-17(24)14-13(20)16(21-8-10-3-2-6-26-10)23-15(22-14)11-5-4-9(18)7-12(11)19/h2-7H,8H2,1H3,(H,21,22,23). The lowest BCUT2D eigenvalue weighted by atomic mass is 10.2. The number of carbonyl (C=O) groups is 1. The van der Waals surface area contributed by atoms with E-state index in [0.717, 1.165) is 0 Å². The number of hydrogen-bond acceptors (Lipinski definition) is 6. The van der Waals surface area contributed by atoms with Crippen molar-refractivity contribution in [2.24, 2.45) is 0 Å². The molecule has 0 aliphatic carbocycles. The van der Waals surface area contributed by atoms with Gasteiger partial charge in [0.2, 0.25) is 0 Å². The smallest absolute Gasteiger partial charge is 0.358 e. The number of halogens is 3. The monoisotopic (exact) mass is 411 g/mol. The number of nitrogens with one attached hydrogen (secondary N) is 1. The highest BCUT2D eigenvalue weighted by molar-refractivity contribution is 6.37. The maximum atomic E-state index is 12.0. The number of ether oxygens (including phenoxy) is 1. The van der Waals surface area contributed by atoms with E-state index < -0.39 is 5.97 Å². The maximum Gasteiger partial charge on any atom is 0.358 e. The number of furan rings is 1. The fourth-order valence-corrected chi connectivity index (χ4v) is 2.89. The van der Waals surface area contributed by atoms with Gasteiger partial charge in [-0.15, -0.1) is 0 Å². The molecule has 1 N–H and O–H groups in total. The van der Waals surface area contributed by atoms with Crippen LogP contribution in [0.1, 0.15) is 16.2 Å². The Morgan fingerprint density at radius 3 is 2.69 bits per heavy atom. The summed E-state index contributed by atoms with van der Waals surface area (Å²) in [6, 6.07) is 8.42. The number of rotatable bonds is 5.